The molecule has 0 aromatic heterocycles. The van der Waals surface area contributed by atoms with Crippen molar-refractivity contribution in [1.29, 1.82) is 0 Å². The van der Waals surface area contributed by atoms with Crippen LogP contribution in [0.25, 0.3) is 0 Å². The van der Waals surface area contributed by atoms with E-state index in [0.717, 1.165) is 0 Å². The van der Waals surface area contributed by atoms with Crippen molar-refractivity contribution >= 4 is 52.2 Å². The quantitative estimate of drug-likeness (QED) is 0.738. The number of rotatable bonds is 4. The van der Waals surface area contributed by atoms with Gasteiger partial charge in [0.15, 0.2) is 0 Å². The van der Waals surface area contributed by atoms with Crippen LogP contribution in [0.15, 0.2) is 36.4 Å². The molecular formula is C16H15Cl2N3O3. The standard InChI is InChI=1S/C16H15Cl2N3O3/c1-9(22)19-11-4-6-15(24-2)14(8-11)21-16(23)20-10-3-5-12(17)13(18)7-10/h3-8H,1-2H3,(H,19,22)(H2,20,21,23). The number of hydrogen-bond donors (Lipinski definition) is 3. The molecular weight excluding hydrogens is 353 g/mol. The van der Waals surface area contributed by atoms with E-state index in [1.165, 1.54) is 20.1 Å². The molecule has 126 valence electrons. The van der Waals surface area contributed by atoms with E-state index < -0.39 is 6.03 Å². The number of ether oxygens (including phenoxy) is 1. The highest BCUT2D eigenvalue weighted by Gasteiger charge is 2.10. The minimum Gasteiger partial charge on any atom is -0.495 e. The average Bonchev–Trinajstić information content (AvgIpc) is 2.50. The topological polar surface area (TPSA) is 79.5 Å². The Morgan fingerprint density at radius 3 is 2.21 bits per heavy atom. The van der Waals surface area contributed by atoms with Gasteiger partial charge in [-0.2, -0.15) is 0 Å². The SMILES string of the molecule is COc1ccc(NC(C)=O)cc1NC(=O)Nc1ccc(Cl)c(Cl)c1. The number of benzene rings is 2. The maximum atomic E-state index is 12.1. The van der Waals surface area contributed by atoms with E-state index >= 15 is 0 Å². The van der Waals surface area contributed by atoms with E-state index in [1.54, 1.807) is 30.3 Å². The predicted octanol–water partition coefficient (Wildman–Crippen LogP) is 4.60. The minimum absolute atomic E-state index is 0.216. The first kappa shape index (κ1) is 17.9. The third-order valence-corrected chi connectivity index (χ3v) is 3.68. The van der Waals surface area contributed by atoms with Gasteiger partial charge in [-0.25, -0.2) is 4.79 Å². The summed E-state index contributed by atoms with van der Waals surface area (Å²) in [6.45, 7) is 1.40. The van der Waals surface area contributed by atoms with Crippen LogP contribution in [-0.2, 0) is 4.79 Å². The molecule has 0 unspecified atom stereocenters. The van der Waals surface area contributed by atoms with Crippen molar-refractivity contribution in [3.05, 3.63) is 46.4 Å². The van der Waals surface area contributed by atoms with Crippen LogP contribution >= 0.6 is 23.2 Å². The number of amides is 3. The van der Waals surface area contributed by atoms with Crippen LogP contribution in [0.1, 0.15) is 6.92 Å². The molecule has 0 aliphatic heterocycles. The molecule has 3 N–H and O–H groups in total. The third-order valence-electron chi connectivity index (χ3n) is 2.95. The Morgan fingerprint density at radius 2 is 1.58 bits per heavy atom. The molecule has 6 nitrogen and oxygen atoms in total. The van der Waals surface area contributed by atoms with Crippen molar-refractivity contribution in [3.8, 4) is 5.75 Å². The van der Waals surface area contributed by atoms with Gasteiger partial charge in [0, 0.05) is 18.3 Å². The van der Waals surface area contributed by atoms with E-state index in [2.05, 4.69) is 16.0 Å². The van der Waals surface area contributed by atoms with Crippen molar-refractivity contribution < 1.29 is 14.3 Å². The van der Waals surface area contributed by atoms with Gasteiger partial charge >= 0.3 is 6.03 Å². The molecule has 2 aromatic carbocycles. The molecule has 0 saturated carbocycles. The summed E-state index contributed by atoms with van der Waals surface area (Å²) in [5.41, 5.74) is 1.42. The Morgan fingerprint density at radius 1 is 0.917 bits per heavy atom. The first-order valence-corrected chi connectivity index (χ1v) is 7.63. The average molecular weight is 368 g/mol. The molecule has 0 radical (unpaired) electrons. The monoisotopic (exact) mass is 367 g/mol. The van der Waals surface area contributed by atoms with E-state index in [-0.39, 0.29) is 5.91 Å². The third kappa shape index (κ3) is 4.78. The zero-order chi connectivity index (χ0) is 17.7. The first-order valence-electron chi connectivity index (χ1n) is 6.87. The number of nitrogens with one attached hydrogen (secondary N) is 3. The normalized spacial score (nSPS) is 10.0. The van der Waals surface area contributed by atoms with Gasteiger partial charge in [0.2, 0.25) is 5.91 Å². The van der Waals surface area contributed by atoms with Gasteiger partial charge in [0.1, 0.15) is 5.75 Å². The summed E-state index contributed by atoms with van der Waals surface area (Å²) >= 11 is 11.7. The second kappa shape index (κ2) is 7.90. The van der Waals surface area contributed by atoms with E-state index in [0.29, 0.717) is 32.9 Å². The molecule has 0 atom stereocenters. The largest absolute Gasteiger partial charge is 0.495 e. The Hall–Kier alpha value is -2.44. The molecule has 3 amide bonds. The number of methoxy groups -OCH3 is 1. The lowest BCUT2D eigenvalue weighted by atomic mass is 10.2. The Balaban J connectivity index is 2.14. The molecule has 0 spiro atoms. The fourth-order valence-corrected chi connectivity index (χ4v) is 2.24. The number of carbonyl (C=O) groups is 2. The molecule has 2 rings (SSSR count). The number of anilines is 3. The maximum Gasteiger partial charge on any atom is 0.323 e. The molecule has 24 heavy (non-hydrogen) atoms. The Kier molecular flexibility index (Phi) is 5.89. The van der Waals surface area contributed by atoms with Crippen LogP contribution in [0.4, 0.5) is 21.9 Å². The molecule has 0 fully saturated rings. The van der Waals surface area contributed by atoms with Crippen molar-refractivity contribution in [2.45, 2.75) is 6.92 Å². The van der Waals surface area contributed by atoms with Crippen LogP contribution in [-0.4, -0.2) is 19.0 Å². The van der Waals surface area contributed by atoms with Crippen molar-refractivity contribution in [1.82, 2.24) is 0 Å². The van der Waals surface area contributed by atoms with E-state index in [1.807, 2.05) is 0 Å². The van der Waals surface area contributed by atoms with E-state index in [4.69, 9.17) is 27.9 Å². The van der Waals surface area contributed by atoms with Gasteiger partial charge in [0.25, 0.3) is 0 Å². The molecule has 0 bridgehead atoms. The van der Waals surface area contributed by atoms with Crippen LogP contribution in [0.3, 0.4) is 0 Å². The molecule has 0 saturated heterocycles. The summed E-state index contributed by atoms with van der Waals surface area (Å²) in [5.74, 6) is 0.236. The number of halogens is 2. The summed E-state index contributed by atoms with van der Waals surface area (Å²) < 4.78 is 5.20. The molecule has 8 heteroatoms. The zero-order valence-electron chi connectivity index (χ0n) is 12.9. The minimum atomic E-state index is -0.494. The van der Waals surface area contributed by atoms with Gasteiger partial charge in [-0.05, 0) is 36.4 Å². The summed E-state index contributed by atoms with van der Waals surface area (Å²) in [7, 11) is 1.48. The lowest BCUT2D eigenvalue weighted by Gasteiger charge is -2.13. The predicted molar refractivity (Wildman–Crippen MR) is 96.4 cm³/mol. The highest BCUT2D eigenvalue weighted by Crippen LogP contribution is 2.29. The number of carbonyl (C=O) groups excluding carboxylic acids is 2. The fraction of sp³-hybridized carbons (Fsp3) is 0.125. The number of urea groups is 1. The summed E-state index contributed by atoms with van der Waals surface area (Å²) in [4.78, 5) is 23.3. The first-order chi connectivity index (χ1) is 11.4. The summed E-state index contributed by atoms with van der Waals surface area (Å²) in [5, 5.41) is 8.65. The lowest BCUT2D eigenvalue weighted by Crippen LogP contribution is -2.20. The smallest absolute Gasteiger partial charge is 0.323 e. The van der Waals surface area contributed by atoms with Crippen LogP contribution in [0.2, 0.25) is 10.0 Å². The highest BCUT2D eigenvalue weighted by molar-refractivity contribution is 6.42. The molecule has 0 aliphatic carbocycles. The van der Waals surface area contributed by atoms with Crippen LogP contribution in [0.5, 0.6) is 5.75 Å². The van der Waals surface area contributed by atoms with Gasteiger partial charge in [-0.15, -0.1) is 0 Å². The van der Waals surface area contributed by atoms with Gasteiger partial charge in [0.05, 0.1) is 22.8 Å². The molecule has 0 aliphatic rings. The van der Waals surface area contributed by atoms with Crippen molar-refractivity contribution in [2.24, 2.45) is 0 Å². The van der Waals surface area contributed by atoms with E-state index in [9.17, 15) is 9.59 Å². The molecule has 2 aromatic rings. The Labute approximate surface area is 149 Å². The second-order valence-corrected chi connectivity index (χ2v) is 5.62. The number of hydrogen-bond acceptors (Lipinski definition) is 3. The van der Waals surface area contributed by atoms with Gasteiger partial charge < -0.3 is 20.7 Å². The summed E-state index contributed by atoms with van der Waals surface area (Å²) in [6.07, 6.45) is 0. The fourth-order valence-electron chi connectivity index (χ4n) is 1.95. The highest BCUT2D eigenvalue weighted by atomic mass is 35.5. The second-order valence-electron chi connectivity index (χ2n) is 4.80. The molecule has 0 heterocycles. The van der Waals surface area contributed by atoms with Crippen molar-refractivity contribution in [3.63, 3.8) is 0 Å². The van der Waals surface area contributed by atoms with Gasteiger partial charge in [-0.1, -0.05) is 23.2 Å². The Bertz CT molecular complexity index is 781. The van der Waals surface area contributed by atoms with Crippen molar-refractivity contribution in [2.75, 3.05) is 23.1 Å². The summed E-state index contributed by atoms with van der Waals surface area (Å²) in [6, 6.07) is 9.15. The lowest BCUT2D eigenvalue weighted by molar-refractivity contribution is -0.114. The van der Waals surface area contributed by atoms with Gasteiger partial charge in [-0.3, -0.25) is 4.79 Å². The maximum absolute atomic E-state index is 12.1. The van der Waals surface area contributed by atoms with Crippen LogP contribution < -0.4 is 20.7 Å². The zero-order valence-corrected chi connectivity index (χ0v) is 14.5. The van der Waals surface area contributed by atoms with Crippen LogP contribution in [0, 0.1) is 0 Å².